The monoisotopic (exact) mass is 443 g/mol. The summed E-state index contributed by atoms with van der Waals surface area (Å²) in [6, 6.07) is 0. The van der Waals surface area contributed by atoms with E-state index in [1.807, 2.05) is 7.05 Å². The van der Waals surface area contributed by atoms with Gasteiger partial charge in [-0.15, -0.1) is 24.0 Å². The van der Waals surface area contributed by atoms with Crippen LogP contribution in [0.1, 0.15) is 26.7 Å². The van der Waals surface area contributed by atoms with Crippen LogP contribution in [0.4, 0.5) is 0 Å². The van der Waals surface area contributed by atoms with E-state index < -0.39 is 0 Å². The average molecular weight is 443 g/mol. The van der Waals surface area contributed by atoms with Crippen molar-refractivity contribution < 1.29 is 4.74 Å². The molecule has 0 aliphatic heterocycles. The maximum absolute atomic E-state index is 5.07. The summed E-state index contributed by atoms with van der Waals surface area (Å²) in [5.41, 5.74) is 0. The first kappa shape index (κ1) is 25.1. The van der Waals surface area contributed by atoms with Crippen molar-refractivity contribution in [1.82, 2.24) is 20.4 Å². The largest absolute Gasteiger partial charge is 0.385 e. The zero-order chi connectivity index (χ0) is 16.6. The number of rotatable bonds is 13. The maximum Gasteiger partial charge on any atom is 0.191 e. The van der Waals surface area contributed by atoms with E-state index in [9.17, 15) is 0 Å². The van der Waals surface area contributed by atoms with Crippen molar-refractivity contribution >= 4 is 29.9 Å². The zero-order valence-electron chi connectivity index (χ0n) is 15.7. The van der Waals surface area contributed by atoms with Crippen LogP contribution < -0.4 is 10.6 Å². The van der Waals surface area contributed by atoms with Gasteiger partial charge >= 0.3 is 0 Å². The topological polar surface area (TPSA) is 52.1 Å². The van der Waals surface area contributed by atoms with Gasteiger partial charge in [-0.25, -0.2) is 0 Å². The number of ether oxygens (including phenoxy) is 1. The smallest absolute Gasteiger partial charge is 0.191 e. The number of hydrogen-bond donors (Lipinski definition) is 2. The molecule has 23 heavy (non-hydrogen) atoms. The fraction of sp³-hybridized carbons (Fsp3) is 0.938. The number of nitrogens with zero attached hydrogens (tertiary/aromatic N) is 3. The van der Waals surface area contributed by atoms with Gasteiger partial charge in [0, 0.05) is 53.5 Å². The maximum atomic E-state index is 5.07. The van der Waals surface area contributed by atoms with Crippen LogP contribution in [0.15, 0.2) is 4.99 Å². The van der Waals surface area contributed by atoms with Crippen LogP contribution in [-0.4, -0.2) is 89.4 Å². The molecule has 6 nitrogen and oxygen atoms in total. The van der Waals surface area contributed by atoms with E-state index in [0.29, 0.717) is 0 Å². The minimum absolute atomic E-state index is 0. The van der Waals surface area contributed by atoms with Crippen molar-refractivity contribution in [3.63, 3.8) is 0 Å². The van der Waals surface area contributed by atoms with E-state index in [1.165, 1.54) is 6.42 Å². The Morgan fingerprint density at radius 1 is 1.04 bits per heavy atom. The Morgan fingerprint density at radius 2 is 1.70 bits per heavy atom. The highest BCUT2D eigenvalue weighted by molar-refractivity contribution is 14.0. The lowest BCUT2D eigenvalue weighted by molar-refractivity contribution is 0.180. The van der Waals surface area contributed by atoms with Crippen molar-refractivity contribution in [3.8, 4) is 0 Å². The van der Waals surface area contributed by atoms with Gasteiger partial charge < -0.3 is 25.2 Å². The number of hydrogen-bond acceptors (Lipinski definition) is 4. The number of likely N-dealkylation sites (N-methyl/N-ethyl adjacent to an activating group) is 2. The summed E-state index contributed by atoms with van der Waals surface area (Å²) >= 11 is 0. The van der Waals surface area contributed by atoms with Crippen LogP contribution in [0.2, 0.25) is 0 Å². The summed E-state index contributed by atoms with van der Waals surface area (Å²) in [7, 11) is 5.70. The van der Waals surface area contributed by atoms with Crippen molar-refractivity contribution in [2.24, 2.45) is 4.99 Å². The van der Waals surface area contributed by atoms with Crippen molar-refractivity contribution in [3.05, 3.63) is 0 Å². The van der Waals surface area contributed by atoms with E-state index in [-0.39, 0.29) is 24.0 Å². The highest BCUT2D eigenvalue weighted by Gasteiger charge is 2.02. The number of aliphatic imine (C=N–C) groups is 1. The molecule has 0 unspecified atom stereocenters. The second kappa shape index (κ2) is 18.2. The summed E-state index contributed by atoms with van der Waals surface area (Å²) in [6.45, 7) is 12.5. The highest BCUT2D eigenvalue weighted by atomic mass is 127. The molecule has 0 spiro atoms. The lowest BCUT2D eigenvalue weighted by atomic mass is 10.4. The van der Waals surface area contributed by atoms with Crippen LogP contribution in [0.5, 0.6) is 0 Å². The first-order chi connectivity index (χ1) is 10.7. The molecular formula is C16H38IN5O. The second-order valence-corrected chi connectivity index (χ2v) is 5.51. The summed E-state index contributed by atoms with van der Waals surface area (Å²) in [5.74, 6) is 0.887. The van der Waals surface area contributed by atoms with Gasteiger partial charge in [0.25, 0.3) is 0 Å². The van der Waals surface area contributed by atoms with Crippen molar-refractivity contribution in [1.29, 1.82) is 0 Å². The number of methoxy groups -OCH3 is 1. The first-order valence-electron chi connectivity index (χ1n) is 8.52. The SMILES string of the molecule is CCCN(CC)CCNC(=NC)NCCN(C)CCCOC.I. The summed E-state index contributed by atoms with van der Waals surface area (Å²) in [6.07, 6.45) is 2.28. The van der Waals surface area contributed by atoms with E-state index >= 15 is 0 Å². The Bertz CT molecular complexity index is 279. The molecule has 0 radical (unpaired) electrons. The molecule has 0 aromatic carbocycles. The van der Waals surface area contributed by atoms with E-state index in [2.05, 4.69) is 46.3 Å². The Labute approximate surface area is 160 Å². The van der Waals surface area contributed by atoms with Gasteiger partial charge in [-0.3, -0.25) is 4.99 Å². The van der Waals surface area contributed by atoms with Gasteiger partial charge in [0.05, 0.1) is 0 Å². The van der Waals surface area contributed by atoms with Gasteiger partial charge in [-0.2, -0.15) is 0 Å². The fourth-order valence-corrected chi connectivity index (χ4v) is 2.25. The summed E-state index contributed by atoms with van der Waals surface area (Å²) in [4.78, 5) is 9.02. The van der Waals surface area contributed by atoms with Crippen LogP contribution in [0.25, 0.3) is 0 Å². The molecule has 0 rings (SSSR count). The minimum Gasteiger partial charge on any atom is -0.385 e. The van der Waals surface area contributed by atoms with Crippen molar-refractivity contribution in [2.75, 3.05) is 73.6 Å². The zero-order valence-corrected chi connectivity index (χ0v) is 18.1. The Hall–Kier alpha value is -0.120. The van der Waals surface area contributed by atoms with Gasteiger partial charge in [-0.05, 0) is 33.0 Å². The second-order valence-electron chi connectivity index (χ2n) is 5.51. The molecule has 0 atom stereocenters. The van der Waals surface area contributed by atoms with E-state index in [1.54, 1.807) is 7.11 Å². The third-order valence-corrected chi connectivity index (χ3v) is 3.61. The molecule has 0 bridgehead atoms. The Morgan fingerprint density at radius 3 is 2.22 bits per heavy atom. The lowest BCUT2D eigenvalue weighted by Crippen LogP contribution is -2.44. The first-order valence-corrected chi connectivity index (χ1v) is 8.52. The molecule has 0 amide bonds. The fourth-order valence-electron chi connectivity index (χ4n) is 2.25. The molecule has 0 fully saturated rings. The Balaban J connectivity index is 0. The van der Waals surface area contributed by atoms with Gasteiger partial charge in [0.1, 0.15) is 0 Å². The van der Waals surface area contributed by atoms with Crippen LogP contribution in [0, 0.1) is 0 Å². The minimum atomic E-state index is 0. The molecule has 0 aliphatic rings. The summed E-state index contributed by atoms with van der Waals surface area (Å²) < 4.78 is 5.07. The number of guanidine groups is 1. The van der Waals surface area contributed by atoms with Crippen LogP contribution in [-0.2, 0) is 4.74 Å². The molecule has 0 saturated heterocycles. The van der Waals surface area contributed by atoms with Crippen LogP contribution in [0.3, 0.4) is 0 Å². The summed E-state index contributed by atoms with van der Waals surface area (Å²) in [5, 5.41) is 6.74. The highest BCUT2D eigenvalue weighted by Crippen LogP contribution is 1.89. The standard InChI is InChI=1S/C16H37N5O.HI/c1-6-11-21(7-2)14-10-19-16(17-3)18-9-13-20(4)12-8-15-22-5;/h6-15H2,1-5H3,(H2,17,18,19);1H. The molecular weight excluding hydrogens is 405 g/mol. The predicted molar refractivity (Wildman–Crippen MR) is 111 cm³/mol. The third-order valence-electron chi connectivity index (χ3n) is 3.61. The number of nitrogens with one attached hydrogen (secondary N) is 2. The molecule has 2 N–H and O–H groups in total. The Kier molecular flexibility index (Phi) is 19.9. The quantitative estimate of drug-likeness (QED) is 0.196. The van der Waals surface area contributed by atoms with E-state index in [4.69, 9.17) is 4.74 Å². The van der Waals surface area contributed by atoms with Gasteiger partial charge in [-0.1, -0.05) is 13.8 Å². The number of halogens is 1. The van der Waals surface area contributed by atoms with Crippen molar-refractivity contribution in [2.45, 2.75) is 26.7 Å². The molecule has 0 aromatic heterocycles. The lowest BCUT2D eigenvalue weighted by Gasteiger charge is -2.21. The normalized spacial score (nSPS) is 11.7. The molecule has 140 valence electrons. The third kappa shape index (κ3) is 15.2. The van der Waals surface area contributed by atoms with Gasteiger partial charge in [0.15, 0.2) is 5.96 Å². The average Bonchev–Trinajstić information content (AvgIpc) is 2.52. The van der Waals surface area contributed by atoms with Gasteiger partial charge in [0.2, 0.25) is 0 Å². The predicted octanol–water partition coefficient (Wildman–Crippen LogP) is 1.47. The molecule has 0 aromatic rings. The van der Waals surface area contributed by atoms with Crippen LogP contribution >= 0.6 is 24.0 Å². The molecule has 7 heteroatoms. The van der Waals surface area contributed by atoms with E-state index in [0.717, 1.165) is 64.8 Å². The molecule has 0 saturated carbocycles. The molecule has 0 heterocycles. The molecule has 0 aliphatic carbocycles.